The Morgan fingerprint density at radius 2 is 2.05 bits per heavy atom. The van der Waals surface area contributed by atoms with Gasteiger partial charge in [-0.15, -0.1) is 0 Å². The molecule has 0 spiro atoms. The van der Waals surface area contributed by atoms with Gasteiger partial charge in [-0.2, -0.15) is 0 Å². The van der Waals surface area contributed by atoms with Crippen molar-refractivity contribution in [3.63, 3.8) is 0 Å². The lowest BCUT2D eigenvalue weighted by Crippen LogP contribution is -2.51. The average Bonchev–Trinajstić information content (AvgIpc) is 2.75. The van der Waals surface area contributed by atoms with E-state index in [1.54, 1.807) is 0 Å². The molecule has 0 aliphatic carbocycles. The third-order valence-corrected chi connectivity index (χ3v) is 4.18. The van der Waals surface area contributed by atoms with Gasteiger partial charge in [-0.25, -0.2) is 0 Å². The lowest BCUT2D eigenvalue weighted by atomic mass is 10.0. The van der Waals surface area contributed by atoms with E-state index in [1.165, 1.54) is 0 Å². The number of aliphatic hydroxyl groups excluding tert-OH is 2. The molecule has 1 saturated heterocycles. The molecule has 0 amide bonds. The number of hydrogen-bond donors (Lipinski definition) is 2. The van der Waals surface area contributed by atoms with Crippen LogP contribution in [0.3, 0.4) is 0 Å². The van der Waals surface area contributed by atoms with Crippen LogP contribution in [0.1, 0.15) is 19.4 Å². The van der Waals surface area contributed by atoms with Gasteiger partial charge in [0.25, 0.3) is 0 Å². The summed E-state index contributed by atoms with van der Waals surface area (Å²) < 4.78 is 11.6. The second-order valence-corrected chi connectivity index (χ2v) is 5.95. The number of benzene rings is 1. The molecule has 1 aliphatic heterocycles. The van der Waals surface area contributed by atoms with Crippen molar-refractivity contribution in [3.05, 3.63) is 35.9 Å². The summed E-state index contributed by atoms with van der Waals surface area (Å²) >= 11 is 0. The minimum absolute atomic E-state index is 0.0918. The van der Waals surface area contributed by atoms with Crippen molar-refractivity contribution in [3.8, 4) is 0 Å². The monoisotopic (exact) mass is 295 g/mol. The highest BCUT2D eigenvalue weighted by atomic mass is 16.5. The van der Waals surface area contributed by atoms with Gasteiger partial charge in [-0.1, -0.05) is 30.3 Å². The van der Waals surface area contributed by atoms with Crippen molar-refractivity contribution in [1.82, 2.24) is 4.90 Å². The zero-order valence-electron chi connectivity index (χ0n) is 12.9. The van der Waals surface area contributed by atoms with E-state index >= 15 is 0 Å². The molecular weight excluding hydrogens is 270 g/mol. The van der Waals surface area contributed by atoms with Gasteiger partial charge in [-0.3, -0.25) is 4.90 Å². The van der Waals surface area contributed by atoms with E-state index in [0.29, 0.717) is 13.2 Å². The Kier molecular flexibility index (Phi) is 5.35. The van der Waals surface area contributed by atoms with E-state index < -0.39 is 17.9 Å². The summed E-state index contributed by atoms with van der Waals surface area (Å²) in [5, 5.41) is 19.4. The first-order valence-corrected chi connectivity index (χ1v) is 7.27. The first-order valence-electron chi connectivity index (χ1n) is 7.27. The molecule has 0 bridgehead atoms. The maximum absolute atomic E-state index is 10.1. The molecule has 0 unspecified atom stereocenters. The first-order chi connectivity index (χ1) is 9.95. The minimum atomic E-state index is -0.932. The number of ether oxygens (including phenoxy) is 2. The highest BCUT2D eigenvalue weighted by molar-refractivity contribution is 5.13. The molecule has 2 rings (SSSR count). The number of hydrogen-bond acceptors (Lipinski definition) is 5. The summed E-state index contributed by atoms with van der Waals surface area (Å²) in [5.74, 6) is 0. The van der Waals surface area contributed by atoms with Crippen molar-refractivity contribution < 1.29 is 19.7 Å². The number of rotatable bonds is 6. The van der Waals surface area contributed by atoms with Gasteiger partial charge in [0.1, 0.15) is 17.9 Å². The maximum Gasteiger partial charge on any atom is 0.116 e. The Hall–Kier alpha value is -0.980. The van der Waals surface area contributed by atoms with Crippen LogP contribution in [0.15, 0.2) is 30.3 Å². The Bertz CT molecular complexity index is 437. The van der Waals surface area contributed by atoms with Gasteiger partial charge < -0.3 is 19.7 Å². The largest absolute Gasteiger partial charge is 0.394 e. The Balaban J connectivity index is 2.05. The highest BCUT2D eigenvalue weighted by Gasteiger charge is 2.44. The van der Waals surface area contributed by atoms with E-state index in [-0.39, 0.29) is 12.6 Å². The van der Waals surface area contributed by atoms with Gasteiger partial charge in [0.15, 0.2) is 0 Å². The molecule has 21 heavy (non-hydrogen) atoms. The molecule has 0 aromatic heterocycles. The fourth-order valence-corrected chi connectivity index (χ4v) is 2.57. The molecule has 1 aliphatic rings. The predicted octanol–water partition coefficient (Wildman–Crippen LogP) is 0.992. The van der Waals surface area contributed by atoms with E-state index in [4.69, 9.17) is 9.47 Å². The molecule has 2 N–H and O–H groups in total. The predicted molar refractivity (Wildman–Crippen MR) is 79.7 cm³/mol. The normalized spacial score (nSPS) is 24.9. The molecule has 0 radical (unpaired) electrons. The SMILES string of the molecule is CN1[C@H]([C@H](OCc2ccccc2)[C@@H](O)CO)COC1(C)C. The fourth-order valence-electron chi connectivity index (χ4n) is 2.57. The van der Waals surface area contributed by atoms with Crippen molar-refractivity contribution in [2.45, 2.75) is 44.4 Å². The van der Waals surface area contributed by atoms with E-state index in [9.17, 15) is 10.2 Å². The maximum atomic E-state index is 10.1. The van der Waals surface area contributed by atoms with Gasteiger partial charge in [0.05, 0.1) is 25.9 Å². The molecule has 1 heterocycles. The third-order valence-electron chi connectivity index (χ3n) is 4.18. The summed E-state index contributed by atoms with van der Waals surface area (Å²) in [5.41, 5.74) is 0.641. The molecule has 1 fully saturated rings. The molecule has 3 atom stereocenters. The third kappa shape index (κ3) is 3.81. The molecule has 5 nitrogen and oxygen atoms in total. The van der Waals surface area contributed by atoms with Crippen LogP contribution < -0.4 is 0 Å². The van der Waals surface area contributed by atoms with Gasteiger partial charge in [-0.05, 0) is 26.5 Å². The van der Waals surface area contributed by atoms with Crippen LogP contribution in [-0.4, -0.2) is 59.3 Å². The molecule has 1 aromatic rings. The lowest BCUT2D eigenvalue weighted by Gasteiger charge is -2.35. The molecule has 5 heteroatoms. The lowest BCUT2D eigenvalue weighted by molar-refractivity contribution is -0.101. The topological polar surface area (TPSA) is 62.2 Å². The summed E-state index contributed by atoms with van der Waals surface area (Å²) in [7, 11) is 1.95. The van der Waals surface area contributed by atoms with E-state index in [0.717, 1.165) is 5.56 Å². The summed E-state index contributed by atoms with van der Waals surface area (Å²) in [4.78, 5) is 2.04. The quantitative estimate of drug-likeness (QED) is 0.819. The Labute approximate surface area is 126 Å². The van der Waals surface area contributed by atoms with Crippen LogP contribution in [0.25, 0.3) is 0 Å². The number of likely N-dealkylation sites (N-methyl/N-ethyl adjacent to an activating group) is 1. The summed E-state index contributed by atoms with van der Waals surface area (Å²) in [6.07, 6.45) is -1.43. The van der Waals surface area contributed by atoms with Crippen LogP contribution in [0.2, 0.25) is 0 Å². The second-order valence-electron chi connectivity index (χ2n) is 5.95. The standard InChI is InChI=1S/C16H25NO4/c1-16(2)17(3)13(11-21-16)15(14(19)9-18)20-10-12-7-5-4-6-8-12/h4-8,13-15,18-19H,9-11H2,1-3H3/t13-,14-,15-/m0/s1. The molecule has 0 saturated carbocycles. The minimum Gasteiger partial charge on any atom is -0.394 e. The van der Waals surface area contributed by atoms with Gasteiger partial charge >= 0.3 is 0 Å². The van der Waals surface area contributed by atoms with Crippen molar-refractivity contribution in [2.24, 2.45) is 0 Å². The van der Waals surface area contributed by atoms with Gasteiger partial charge in [0.2, 0.25) is 0 Å². The number of aliphatic hydroxyl groups is 2. The van der Waals surface area contributed by atoms with Crippen molar-refractivity contribution in [1.29, 1.82) is 0 Å². The molecular formula is C16H25NO4. The second kappa shape index (κ2) is 6.85. The number of nitrogens with zero attached hydrogens (tertiary/aromatic N) is 1. The van der Waals surface area contributed by atoms with Crippen LogP contribution in [-0.2, 0) is 16.1 Å². The van der Waals surface area contributed by atoms with Gasteiger partial charge in [0, 0.05) is 0 Å². The Morgan fingerprint density at radius 3 is 2.57 bits per heavy atom. The summed E-state index contributed by atoms with van der Waals surface area (Å²) in [6, 6.07) is 9.70. The van der Waals surface area contributed by atoms with Crippen LogP contribution in [0.4, 0.5) is 0 Å². The van der Waals surface area contributed by atoms with E-state index in [2.05, 4.69) is 0 Å². The Morgan fingerprint density at radius 1 is 1.38 bits per heavy atom. The molecule has 118 valence electrons. The van der Waals surface area contributed by atoms with Crippen LogP contribution in [0.5, 0.6) is 0 Å². The zero-order valence-corrected chi connectivity index (χ0v) is 12.9. The van der Waals surface area contributed by atoms with Crippen molar-refractivity contribution in [2.75, 3.05) is 20.3 Å². The van der Waals surface area contributed by atoms with Crippen LogP contribution in [0, 0.1) is 0 Å². The molecule has 1 aromatic carbocycles. The zero-order chi connectivity index (χ0) is 15.5. The highest BCUT2D eigenvalue weighted by Crippen LogP contribution is 2.29. The van der Waals surface area contributed by atoms with Crippen LogP contribution >= 0.6 is 0 Å². The smallest absolute Gasteiger partial charge is 0.116 e. The summed E-state index contributed by atoms with van der Waals surface area (Å²) in [6.45, 7) is 4.50. The van der Waals surface area contributed by atoms with Crippen molar-refractivity contribution >= 4 is 0 Å². The first kappa shape index (κ1) is 16.4. The average molecular weight is 295 g/mol. The fraction of sp³-hybridized carbons (Fsp3) is 0.625. The van der Waals surface area contributed by atoms with E-state index in [1.807, 2.05) is 56.1 Å².